The second-order valence-corrected chi connectivity index (χ2v) is 23.8. The van der Waals surface area contributed by atoms with Gasteiger partial charge < -0.3 is 28.6 Å². The Kier molecular flexibility index (Phi) is 25.8. The van der Waals surface area contributed by atoms with Crippen LogP contribution in [0, 0.1) is 33.1 Å². The molecule has 0 bridgehead atoms. The molecule has 6 aromatic rings. The number of hydrogen-bond donors (Lipinski definition) is 1. The third-order valence-corrected chi connectivity index (χ3v) is 15.8. The van der Waals surface area contributed by atoms with E-state index in [4.69, 9.17) is 17.3 Å². The van der Waals surface area contributed by atoms with Crippen molar-refractivity contribution in [1.29, 1.82) is 0 Å². The first-order chi connectivity index (χ1) is 41.3. The van der Waals surface area contributed by atoms with Gasteiger partial charge in [0.05, 0.1) is 50.6 Å². The first-order valence-corrected chi connectivity index (χ1v) is 30.3. The van der Waals surface area contributed by atoms with Crippen LogP contribution in [0.15, 0.2) is 163 Å². The van der Waals surface area contributed by atoms with Gasteiger partial charge in [-0.05, 0) is 134 Å². The zero-order valence-electron chi connectivity index (χ0n) is 50.7. The number of non-ortho nitro benzene ring substituents is 2. The number of rotatable bonds is 24. The number of nitrogens with zero attached hydrogens (tertiary/aromatic N) is 4. The third-order valence-electron chi connectivity index (χ3n) is 14.2. The normalized spacial score (nSPS) is 14.6. The number of hydrogen-bond acceptors (Lipinski definition) is 15. The van der Waals surface area contributed by atoms with Gasteiger partial charge >= 0.3 is 35.5 Å². The molecule has 2 heterocycles. The summed E-state index contributed by atoms with van der Waals surface area (Å²) >= 11 is 0. The standard InChI is InChI=1S/C55H61N3O11S2.C6H5NO3.C2H2.CH3F.Na/c1-54(2)49(56(34-14-17-37-70(62,63)64)47-32-25-40-19-12-13-20-45(40)52(47)54)21-9-6-5-7-10-22-50-55(3,4)53-46-39-44(29-24-41(46)26-33-48(53)57(50)35-15-18-38-71(65,66)67)68-36-16-8-11-23-51(59)69-43-30-27-42(28-31-43)58(60)61;8-6-3-1-5(2-4-6)7(9)10;2*1-2;/h5-7,9-10,12-13,19-22,24-33,39H,8,11,14-18,23,34-38H2,1-4H3,(H-,62,63,64,65,66,67);1-4,8H;1-2H;1H3;/q;;;;+1/p-1/i;;2*1D;. The number of phenolic OH excluding ortho intramolecular Hbond substituents is 1. The number of ether oxygens (including phenoxy) is 2. The maximum Gasteiger partial charge on any atom is 1.00 e. The van der Waals surface area contributed by atoms with E-state index in [1.54, 1.807) is 0 Å². The molecule has 6 aromatic carbocycles. The number of allylic oxidation sites excluding steroid dienone is 8. The Labute approximate surface area is 527 Å². The number of carbonyl (C=O) groups excluding carboxylic acids is 1. The van der Waals surface area contributed by atoms with Crippen LogP contribution in [0.3, 0.4) is 0 Å². The minimum absolute atomic E-state index is 0. The van der Waals surface area contributed by atoms with Crippen LogP contribution in [-0.4, -0.2) is 95.5 Å². The van der Waals surface area contributed by atoms with Crippen LogP contribution in [0.4, 0.5) is 27.1 Å². The Morgan fingerprint density at radius 2 is 1.28 bits per heavy atom. The average molecular weight is 1230 g/mol. The van der Waals surface area contributed by atoms with E-state index in [0.717, 1.165) is 56.3 Å². The molecule has 0 spiro atoms. The molecule has 0 amide bonds. The second-order valence-electron chi connectivity index (χ2n) is 20.7. The second kappa shape index (κ2) is 32.8. The number of terminal acetylenes is 1. The molecule has 0 fully saturated rings. The fraction of sp³-hybridized carbons (Fsp3) is 0.312. The fourth-order valence-corrected chi connectivity index (χ4v) is 11.5. The number of carbonyl (C=O) groups is 1. The van der Waals surface area contributed by atoms with E-state index in [1.165, 1.54) is 60.5 Å². The van der Waals surface area contributed by atoms with E-state index in [1.807, 2.05) is 54.6 Å². The molecule has 18 nitrogen and oxygen atoms in total. The Morgan fingerprint density at radius 1 is 0.721 bits per heavy atom. The quantitative estimate of drug-likeness (QED) is 0.00564. The van der Waals surface area contributed by atoms with Crippen molar-refractivity contribution in [2.75, 3.05) is 43.3 Å². The maximum absolute atomic E-state index is 12.3. The van der Waals surface area contributed by atoms with Gasteiger partial charge in [-0.15, -0.1) is 12.8 Å². The van der Waals surface area contributed by atoms with Crippen LogP contribution in [-0.2, 0) is 35.9 Å². The zero-order valence-corrected chi connectivity index (χ0v) is 52.4. The van der Waals surface area contributed by atoms with E-state index in [9.17, 15) is 55.4 Å². The van der Waals surface area contributed by atoms with Gasteiger partial charge in [-0.1, -0.05) is 80.6 Å². The van der Waals surface area contributed by atoms with E-state index >= 15 is 0 Å². The van der Waals surface area contributed by atoms with Crippen LogP contribution in [0.2, 0.25) is 0 Å². The number of fused-ring (bicyclic) bond motifs is 6. The number of aromatic hydroxyl groups is 1. The number of benzene rings is 6. The topological polar surface area (TPSA) is 263 Å². The molecular weight excluding hydrogens is 1150 g/mol. The maximum atomic E-state index is 12.3. The number of halogens is 1. The smallest absolute Gasteiger partial charge is 0.748 e. The number of nitro benzene ring substituents is 2. The monoisotopic (exact) mass is 1230 g/mol. The van der Waals surface area contributed by atoms with Gasteiger partial charge in [-0.25, -0.2) is 16.8 Å². The van der Waals surface area contributed by atoms with Crippen molar-refractivity contribution < 1.29 is 96.4 Å². The summed E-state index contributed by atoms with van der Waals surface area (Å²) in [6.45, 7) is 10.2. The fourth-order valence-electron chi connectivity index (χ4n) is 10.4. The number of alkyl halides is 1. The molecule has 0 aromatic heterocycles. The van der Waals surface area contributed by atoms with Crippen molar-refractivity contribution in [2.45, 2.75) is 89.9 Å². The van der Waals surface area contributed by atoms with Crippen molar-refractivity contribution >= 4 is 76.2 Å². The molecular formula is C64H70FN4NaO14S2. The van der Waals surface area contributed by atoms with Gasteiger partial charge in [0, 0.05) is 89.7 Å². The number of nitro groups is 2. The van der Waals surface area contributed by atoms with Crippen LogP contribution in [0.5, 0.6) is 17.2 Å². The van der Waals surface area contributed by atoms with E-state index in [-0.39, 0.29) is 77.1 Å². The molecule has 0 aliphatic carbocycles. The minimum atomic E-state index is -4.35. The molecule has 0 radical (unpaired) electrons. The first kappa shape index (κ1) is 67.6. The Bertz CT molecular complexity index is 3830. The van der Waals surface area contributed by atoms with E-state index < -0.39 is 60.1 Å². The molecule has 0 unspecified atom stereocenters. The van der Waals surface area contributed by atoms with Gasteiger partial charge in [0.25, 0.3) is 11.4 Å². The summed E-state index contributed by atoms with van der Waals surface area (Å²) < 4.78 is 104. The van der Waals surface area contributed by atoms with Crippen molar-refractivity contribution in [2.24, 2.45) is 0 Å². The van der Waals surface area contributed by atoms with Gasteiger partial charge in [0.15, 0.2) is 5.71 Å². The summed E-state index contributed by atoms with van der Waals surface area (Å²) in [4.78, 5) is 34.5. The Hall–Kier alpha value is -7.55. The summed E-state index contributed by atoms with van der Waals surface area (Å²) in [5, 5.41) is 34.0. The SMILES string of the molecule is CC1(C)C(=CC=CC=CC=CC2=[N+](CCCCS(=O)(=O)[O-])c3ccc4ccc(OCCCCCC(=O)Oc5ccc([N+](=O)[O-])cc5)cc4c3C2(C)C)N(CCCCS(=O)(=O)[O-])c2ccc3ccccc3c21.O=[N+]([O-])c1ccc(O)cc1.[2H]C#C.[2H]CF.[Na+]. The summed E-state index contributed by atoms with van der Waals surface area (Å²) in [7, 11) is -9.65. The number of phenols is 1. The number of unbranched alkanes of at least 4 members (excludes halogenated alkanes) is 4. The summed E-state index contributed by atoms with van der Waals surface area (Å²) in [6.07, 6.45) is 23.6. The summed E-state index contributed by atoms with van der Waals surface area (Å²) in [5.74, 6) is -0.239. The van der Waals surface area contributed by atoms with Gasteiger partial charge in [0.1, 0.15) is 25.2 Å². The molecule has 0 saturated carbocycles. The first-order valence-electron chi connectivity index (χ1n) is 28.3. The molecule has 1 N–H and O–H groups in total. The molecule has 2 aliphatic heterocycles. The Balaban J connectivity index is 0.000000856. The average Bonchev–Trinajstić information content (AvgIpc) is 1.61. The predicted octanol–water partition coefficient (Wildman–Crippen LogP) is 9.96. The van der Waals surface area contributed by atoms with Crippen molar-refractivity contribution in [3.63, 3.8) is 0 Å². The third kappa shape index (κ3) is 19.5. The van der Waals surface area contributed by atoms with Crippen LogP contribution >= 0.6 is 0 Å². The minimum Gasteiger partial charge on any atom is -0.748 e. The van der Waals surface area contributed by atoms with Crippen molar-refractivity contribution in [3.8, 4) is 30.1 Å². The summed E-state index contributed by atoms with van der Waals surface area (Å²) in [5.41, 5.74) is 5.49. The zero-order chi connectivity index (χ0) is 64.0. The number of anilines is 1. The van der Waals surface area contributed by atoms with Crippen LogP contribution in [0.1, 0.15) is 92.9 Å². The van der Waals surface area contributed by atoms with E-state index in [2.05, 4.69) is 98.2 Å². The molecule has 2 aliphatic rings. The van der Waals surface area contributed by atoms with Crippen molar-refractivity contribution in [3.05, 3.63) is 195 Å². The molecule has 0 atom stereocenters. The van der Waals surface area contributed by atoms with E-state index in [0.29, 0.717) is 51.1 Å². The van der Waals surface area contributed by atoms with Crippen molar-refractivity contribution in [1.82, 2.24) is 0 Å². The van der Waals surface area contributed by atoms with Gasteiger partial charge in [0.2, 0.25) is 5.69 Å². The van der Waals surface area contributed by atoms with Gasteiger partial charge in [-0.3, -0.25) is 29.4 Å². The molecule has 86 heavy (non-hydrogen) atoms. The van der Waals surface area contributed by atoms with Crippen LogP contribution in [0.25, 0.3) is 21.5 Å². The molecule has 8 rings (SSSR count). The Morgan fingerprint density at radius 3 is 1.92 bits per heavy atom. The number of esters is 1. The molecule has 0 saturated heterocycles. The largest absolute Gasteiger partial charge is 1.00 e. The summed E-state index contributed by atoms with van der Waals surface area (Å²) in [6, 6.07) is 33.1. The molecule has 22 heteroatoms. The van der Waals surface area contributed by atoms with Crippen LogP contribution < -0.4 is 43.9 Å². The van der Waals surface area contributed by atoms with Gasteiger partial charge in [-0.2, -0.15) is 4.58 Å². The predicted molar refractivity (Wildman–Crippen MR) is 329 cm³/mol. The molecule has 450 valence electrons.